The highest BCUT2D eigenvalue weighted by atomic mass is 127. The molecule has 1 aromatic rings. The minimum Gasteiger partial charge on any atom is -0.381 e. The molecular formula is C9H9I2NO3. The third-order valence-electron chi connectivity index (χ3n) is 2.02. The van der Waals surface area contributed by atoms with Gasteiger partial charge in [-0.15, -0.1) is 0 Å². The van der Waals surface area contributed by atoms with Gasteiger partial charge < -0.3 is 5.11 Å². The topological polar surface area (TPSA) is 63.4 Å². The zero-order chi connectivity index (χ0) is 11.6. The van der Waals surface area contributed by atoms with Crippen LogP contribution in [0.15, 0.2) is 18.2 Å². The first-order valence-corrected chi connectivity index (χ1v) is 6.35. The average Bonchev–Trinajstić information content (AvgIpc) is 2.13. The Morgan fingerprint density at radius 2 is 1.80 bits per heavy atom. The average molecular weight is 433 g/mol. The van der Waals surface area contributed by atoms with Gasteiger partial charge in [-0.2, -0.15) is 0 Å². The van der Waals surface area contributed by atoms with Gasteiger partial charge in [0.25, 0.3) is 0 Å². The van der Waals surface area contributed by atoms with Crippen molar-refractivity contribution in [3.63, 3.8) is 0 Å². The summed E-state index contributed by atoms with van der Waals surface area (Å²) in [5.74, 6) is 0. The van der Waals surface area contributed by atoms with E-state index in [0.717, 1.165) is 7.14 Å². The summed E-state index contributed by atoms with van der Waals surface area (Å²) < 4.78 is 1.92. The minimum atomic E-state index is -1.05. The fourth-order valence-corrected chi connectivity index (χ4v) is 3.13. The Morgan fingerprint density at radius 3 is 2.20 bits per heavy atom. The van der Waals surface area contributed by atoms with Crippen LogP contribution in [0.5, 0.6) is 0 Å². The Hall–Kier alpha value is 0.0400. The second-order valence-corrected chi connectivity index (χ2v) is 5.66. The van der Waals surface area contributed by atoms with E-state index in [2.05, 4.69) is 45.2 Å². The molecule has 1 rings (SSSR count). The first kappa shape index (κ1) is 13.1. The normalized spacial score (nSPS) is 14.7. The molecule has 6 heteroatoms. The summed E-state index contributed by atoms with van der Waals surface area (Å²) in [5, 5.41) is 20.3. The van der Waals surface area contributed by atoms with Gasteiger partial charge in [0, 0.05) is 19.0 Å². The first-order valence-electron chi connectivity index (χ1n) is 4.19. The van der Waals surface area contributed by atoms with Gasteiger partial charge in [-0.1, -0.05) is 0 Å². The standard InChI is InChI=1S/C9H9I2NO3/c1-5(12(14)15)9(13)6-2-7(10)4-8(11)3-6/h2-5,9,13H,1H3/t5-,9-/m0/s1. The lowest BCUT2D eigenvalue weighted by Gasteiger charge is -2.13. The van der Waals surface area contributed by atoms with E-state index >= 15 is 0 Å². The van der Waals surface area contributed by atoms with Crippen LogP contribution in [-0.4, -0.2) is 16.1 Å². The smallest absolute Gasteiger partial charge is 0.239 e. The van der Waals surface area contributed by atoms with Crippen molar-refractivity contribution in [3.05, 3.63) is 41.0 Å². The lowest BCUT2D eigenvalue weighted by atomic mass is 10.0. The van der Waals surface area contributed by atoms with Crippen LogP contribution < -0.4 is 0 Å². The van der Waals surface area contributed by atoms with Crippen molar-refractivity contribution < 1.29 is 10.0 Å². The van der Waals surface area contributed by atoms with Crippen LogP contribution in [0, 0.1) is 17.3 Å². The third kappa shape index (κ3) is 3.52. The molecule has 15 heavy (non-hydrogen) atoms. The molecule has 0 aliphatic heterocycles. The summed E-state index contributed by atoms with van der Waals surface area (Å²) in [6.45, 7) is 1.40. The Morgan fingerprint density at radius 1 is 1.33 bits per heavy atom. The molecule has 0 aliphatic rings. The molecule has 0 bridgehead atoms. The molecule has 0 unspecified atom stereocenters. The van der Waals surface area contributed by atoms with Gasteiger partial charge in [0.15, 0.2) is 0 Å². The molecule has 1 N–H and O–H groups in total. The van der Waals surface area contributed by atoms with Crippen molar-refractivity contribution in [1.82, 2.24) is 0 Å². The molecule has 2 atom stereocenters. The van der Waals surface area contributed by atoms with Crippen LogP contribution in [0.1, 0.15) is 18.6 Å². The van der Waals surface area contributed by atoms with Crippen LogP contribution in [0.2, 0.25) is 0 Å². The molecule has 0 aromatic heterocycles. The van der Waals surface area contributed by atoms with E-state index in [1.807, 2.05) is 6.07 Å². The van der Waals surface area contributed by atoms with Crippen LogP contribution in [0.3, 0.4) is 0 Å². The summed E-state index contributed by atoms with van der Waals surface area (Å²) in [6.07, 6.45) is -1.05. The predicted molar refractivity (Wildman–Crippen MR) is 73.3 cm³/mol. The van der Waals surface area contributed by atoms with Gasteiger partial charge >= 0.3 is 0 Å². The van der Waals surface area contributed by atoms with Gasteiger partial charge in [0.05, 0.1) is 0 Å². The van der Waals surface area contributed by atoms with Gasteiger partial charge in [-0.25, -0.2) is 0 Å². The van der Waals surface area contributed by atoms with Crippen molar-refractivity contribution >= 4 is 45.2 Å². The van der Waals surface area contributed by atoms with Gasteiger partial charge in [0.2, 0.25) is 6.04 Å². The summed E-state index contributed by atoms with van der Waals surface area (Å²) in [4.78, 5) is 10.1. The Balaban J connectivity index is 3.00. The molecule has 0 spiro atoms. The molecule has 0 saturated carbocycles. The van der Waals surface area contributed by atoms with Crippen LogP contribution in [-0.2, 0) is 0 Å². The molecule has 4 nitrogen and oxygen atoms in total. The molecule has 0 fully saturated rings. The van der Waals surface area contributed by atoms with Crippen LogP contribution in [0.25, 0.3) is 0 Å². The van der Waals surface area contributed by atoms with Crippen LogP contribution in [0.4, 0.5) is 0 Å². The monoisotopic (exact) mass is 433 g/mol. The van der Waals surface area contributed by atoms with E-state index in [4.69, 9.17) is 0 Å². The number of nitrogens with zero attached hydrogens (tertiary/aromatic N) is 1. The maximum atomic E-state index is 10.5. The molecule has 0 amide bonds. The summed E-state index contributed by atoms with van der Waals surface area (Å²) in [6, 6.07) is 4.47. The van der Waals surface area contributed by atoms with Crippen molar-refractivity contribution in [2.24, 2.45) is 0 Å². The van der Waals surface area contributed by atoms with E-state index in [-0.39, 0.29) is 0 Å². The molecular weight excluding hydrogens is 424 g/mol. The zero-order valence-corrected chi connectivity index (χ0v) is 12.2. The lowest BCUT2D eigenvalue weighted by molar-refractivity contribution is -0.531. The maximum absolute atomic E-state index is 10.5. The van der Waals surface area contributed by atoms with Gasteiger partial charge in [-0.05, 0) is 68.9 Å². The molecule has 1 aromatic carbocycles. The first-order chi connectivity index (χ1) is 6.91. The maximum Gasteiger partial charge on any atom is 0.239 e. The summed E-state index contributed by atoms with van der Waals surface area (Å²) >= 11 is 4.24. The lowest BCUT2D eigenvalue weighted by Crippen LogP contribution is -2.24. The predicted octanol–water partition coefficient (Wildman–Crippen LogP) is 2.59. The minimum absolute atomic E-state index is 0.475. The number of rotatable bonds is 3. The van der Waals surface area contributed by atoms with E-state index in [1.165, 1.54) is 6.92 Å². The summed E-state index contributed by atoms with van der Waals surface area (Å²) in [7, 11) is 0. The summed E-state index contributed by atoms with van der Waals surface area (Å²) in [5.41, 5.74) is 0.593. The second kappa shape index (κ2) is 5.39. The molecule has 0 aliphatic carbocycles. The Labute approximate surface area is 114 Å². The van der Waals surface area contributed by atoms with Crippen LogP contribution >= 0.6 is 45.2 Å². The Kier molecular flexibility index (Phi) is 4.71. The fourth-order valence-electron chi connectivity index (χ4n) is 1.14. The van der Waals surface area contributed by atoms with Crippen molar-refractivity contribution in [2.75, 3.05) is 0 Å². The van der Waals surface area contributed by atoms with Gasteiger partial charge in [-0.3, -0.25) is 10.1 Å². The third-order valence-corrected chi connectivity index (χ3v) is 3.26. The van der Waals surface area contributed by atoms with E-state index in [9.17, 15) is 15.2 Å². The number of aliphatic hydroxyl groups excluding tert-OH is 1. The zero-order valence-electron chi connectivity index (χ0n) is 7.85. The molecule has 0 heterocycles. The molecule has 0 radical (unpaired) electrons. The van der Waals surface area contributed by atoms with Crippen molar-refractivity contribution in [2.45, 2.75) is 19.1 Å². The number of aliphatic hydroxyl groups is 1. The van der Waals surface area contributed by atoms with E-state index in [1.54, 1.807) is 12.1 Å². The van der Waals surface area contributed by atoms with Crippen molar-refractivity contribution in [1.29, 1.82) is 0 Å². The highest BCUT2D eigenvalue weighted by molar-refractivity contribution is 14.1. The van der Waals surface area contributed by atoms with Gasteiger partial charge in [0.1, 0.15) is 6.10 Å². The van der Waals surface area contributed by atoms with E-state index in [0.29, 0.717) is 5.56 Å². The number of nitro groups is 1. The SMILES string of the molecule is C[C@@H]([C@H](O)c1cc(I)cc(I)c1)[N+](=O)[O-]. The highest BCUT2D eigenvalue weighted by Gasteiger charge is 2.26. The number of benzene rings is 1. The number of halogens is 2. The fraction of sp³-hybridized carbons (Fsp3) is 0.333. The number of hydrogen-bond acceptors (Lipinski definition) is 3. The number of hydrogen-bond donors (Lipinski definition) is 1. The van der Waals surface area contributed by atoms with E-state index < -0.39 is 17.1 Å². The quantitative estimate of drug-likeness (QED) is 0.453. The molecule has 0 saturated heterocycles. The highest BCUT2D eigenvalue weighted by Crippen LogP contribution is 2.23. The second-order valence-electron chi connectivity index (χ2n) is 3.17. The van der Waals surface area contributed by atoms with Crippen molar-refractivity contribution in [3.8, 4) is 0 Å². The Bertz CT molecular complexity index is 363. The largest absolute Gasteiger partial charge is 0.381 e. The molecule has 82 valence electrons.